The van der Waals surface area contributed by atoms with Crippen molar-refractivity contribution in [1.82, 2.24) is 0 Å². The lowest BCUT2D eigenvalue weighted by molar-refractivity contribution is 0.332. The summed E-state index contributed by atoms with van der Waals surface area (Å²) in [5.74, 6) is 0.928. The Morgan fingerprint density at radius 1 is 0.966 bits per heavy atom. The minimum Gasteiger partial charge on any atom is -0.496 e. The van der Waals surface area contributed by atoms with E-state index in [9.17, 15) is 0 Å². The van der Waals surface area contributed by atoms with Crippen molar-refractivity contribution < 1.29 is 4.74 Å². The van der Waals surface area contributed by atoms with Crippen molar-refractivity contribution in [1.29, 1.82) is 0 Å². The number of nitrogens with zero attached hydrogens (tertiary/aromatic N) is 1. The Labute approximate surface area is 177 Å². The Kier molecular flexibility index (Phi) is 5.06. The lowest BCUT2D eigenvalue weighted by atomic mass is 9.62. The molecule has 0 fully saturated rings. The van der Waals surface area contributed by atoms with E-state index in [1.54, 1.807) is 7.11 Å². The molecule has 29 heavy (non-hydrogen) atoms. The van der Waals surface area contributed by atoms with Crippen LogP contribution in [0, 0.1) is 6.92 Å². The van der Waals surface area contributed by atoms with Crippen LogP contribution >= 0.6 is 10.5 Å². The molecule has 2 aromatic carbocycles. The second-order valence-electron chi connectivity index (χ2n) is 9.51. The molecule has 4 rings (SSSR count). The average molecular weight is 406 g/mol. The topological polar surface area (TPSA) is 21.6 Å². The Balaban J connectivity index is 1.90. The highest BCUT2D eigenvalue weighted by atomic mass is 32.2. The van der Waals surface area contributed by atoms with E-state index in [-0.39, 0.29) is 21.3 Å². The first kappa shape index (κ1) is 20.2. The summed E-state index contributed by atoms with van der Waals surface area (Å²) in [5.41, 5.74) is 10.4. The number of hydrogen-bond donors (Lipinski definition) is 0. The van der Waals surface area contributed by atoms with Crippen LogP contribution in [0.3, 0.4) is 0 Å². The van der Waals surface area contributed by atoms with Gasteiger partial charge in [-0.15, -0.1) is 10.5 Å². The quantitative estimate of drug-likeness (QED) is 0.506. The highest BCUT2D eigenvalue weighted by Gasteiger charge is 2.37. The highest BCUT2D eigenvalue weighted by molar-refractivity contribution is 8.29. The van der Waals surface area contributed by atoms with Crippen molar-refractivity contribution in [3.63, 3.8) is 0 Å². The maximum Gasteiger partial charge on any atom is 0.126 e. The van der Waals surface area contributed by atoms with Crippen LogP contribution in [0.4, 0.5) is 0 Å². The normalized spacial score (nSPS) is 21.4. The molecule has 1 heterocycles. The van der Waals surface area contributed by atoms with Crippen LogP contribution in [-0.2, 0) is 10.8 Å². The van der Waals surface area contributed by atoms with Gasteiger partial charge >= 0.3 is 0 Å². The smallest absolute Gasteiger partial charge is 0.126 e. The van der Waals surface area contributed by atoms with Gasteiger partial charge in [0.05, 0.1) is 12.7 Å². The predicted molar refractivity (Wildman–Crippen MR) is 129 cm³/mol. The Bertz CT molecular complexity index is 1040. The third-order valence-corrected chi connectivity index (χ3v) is 7.82. The minimum atomic E-state index is -0.0197. The predicted octanol–water partition coefficient (Wildman–Crippen LogP) is 6.95. The molecule has 0 saturated heterocycles. The lowest BCUT2D eigenvalue weighted by Crippen LogP contribution is -2.34. The summed E-state index contributed by atoms with van der Waals surface area (Å²) >= 11 is 0. The molecular formula is C26H31NOS. The highest BCUT2D eigenvalue weighted by Crippen LogP contribution is 2.48. The zero-order valence-corrected chi connectivity index (χ0v) is 19.2. The molecule has 2 nitrogen and oxygen atoms in total. The number of hydrogen-bond acceptors (Lipinski definition) is 2. The first-order valence-corrected chi connectivity index (χ1v) is 11.7. The van der Waals surface area contributed by atoms with Crippen LogP contribution < -0.4 is 4.74 Å². The number of fused-ring (bicyclic) bond motifs is 1. The van der Waals surface area contributed by atoms with Crippen LogP contribution in [0.15, 0.2) is 46.9 Å². The van der Waals surface area contributed by atoms with E-state index in [0.29, 0.717) is 0 Å². The number of ether oxygens (including phenoxy) is 1. The standard InChI is InChI=1S/C26H31NOS/c1-18-13-22-23(26(4,5)10-9-25(22,2)3)15-20(18)21-14-19(7-8-24(21)28-6)16-29-12-11-27-17-29/h7-8,11-17H,9-10H2,1-6H3. The summed E-state index contributed by atoms with van der Waals surface area (Å²) in [6, 6.07) is 11.4. The molecule has 0 bridgehead atoms. The van der Waals surface area contributed by atoms with E-state index in [1.165, 1.54) is 46.2 Å². The Morgan fingerprint density at radius 2 is 1.66 bits per heavy atom. The molecule has 152 valence electrons. The number of benzene rings is 2. The van der Waals surface area contributed by atoms with E-state index in [4.69, 9.17) is 4.74 Å². The van der Waals surface area contributed by atoms with Crippen LogP contribution in [0.5, 0.6) is 5.75 Å². The zero-order valence-electron chi connectivity index (χ0n) is 18.4. The molecule has 0 N–H and O–H groups in total. The van der Waals surface area contributed by atoms with Gasteiger partial charge in [0.25, 0.3) is 0 Å². The Hall–Kier alpha value is -2.13. The van der Waals surface area contributed by atoms with Crippen molar-refractivity contribution in [2.24, 2.45) is 4.99 Å². The maximum absolute atomic E-state index is 5.76. The third kappa shape index (κ3) is 3.73. The van der Waals surface area contributed by atoms with Gasteiger partial charge in [-0.3, -0.25) is 4.99 Å². The molecule has 0 amide bonds. The largest absolute Gasteiger partial charge is 0.496 e. The Morgan fingerprint density at radius 3 is 2.28 bits per heavy atom. The summed E-state index contributed by atoms with van der Waals surface area (Å²) in [6.45, 7) is 11.8. The number of rotatable bonds is 3. The molecule has 0 saturated carbocycles. The van der Waals surface area contributed by atoms with E-state index >= 15 is 0 Å². The van der Waals surface area contributed by atoms with E-state index in [2.05, 4.69) is 80.7 Å². The minimum absolute atomic E-state index is 0.0197. The first-order valence-electron chi connectivity index (χ1n) is 10.3. The molecule has 0 radical (unpaired) electrons. The van der Waals surface area contributed by atoms with Gasteiger partial charge in [-0.25, -0.2) is 0 Å². The fraction of sp³-hybridized carbons (Fsp3) is 0.385. The van der Waals surface area contributed by atoms with Gasteiger partial charge in [0, 0.05) is 11.8 Å². The fourth-order valence-electron chi connectivity index (χ4n) is 4.49. The van der Waals surface area contributed by atoms with Gasteiger partial charge in [-0.1, -0.05) is 39.8 Å². The molecule has 2 aliphatic rings. The van der Waals surface area contributed by atoms with Gasteiger partial charge in [0.2, 0.25) is 0 Å². The van der Waals surface area contributed by atoms with E-state index in [0.717, 1.165) is 5.75 Å². The number of methoxy groups -OCH3 is 1. The van der Waals surface area contributed by atoms with Crippen LogP contribution in [0.1, 0.15) is 62.8 Å². The van der Waals surface area contributed by atoms with Gasteiger partial charge in [-0.2, -0.15) is 0 Å². The number of aliphatic imine (C=N–C) groups is 1. The molecule has 1 aliphatic heterocycles. The zero-order chi connectivity index (χ0) is 20.8. The summed E-state index contributed by atoms with van der Waals surface area (Å²) in [6.07, 6.45) is 4.33. The van der Waals surface area contributed by atoms with Gasteiger partial charge in [0.15, 0.2) is 0 Å². The van der Waals surface area contributed by atoms with Crippen LogP contribution in [0.25, 0.3) is 11.1 Å². The summed E-state index contributed by atoms with van der Waals surface area (Å²) in [4.78, 5) is 4.22. The van der Waals surface area contributed by atoms with Gasteiger partial charge < -0.3 is 4.74 Å². The van der Waals surface area contributed by atoms with Crippen molar-refractivity contribution in [2.75, 3.05) is 7.11 Å². The monoisotopic (exact) mass is 405 g/mol. The summed E-state index contributed by atoms with van der Waals surface area (Å²) in [5, 5.41) is 4.41. The molecule has 1 unspecified atom stereocenters. The molecule has 1 aliphatic carbocycles. The van der Waals surface area contributed by atoms with Gasteiger partial charge in [0.1, 0.15) is 5.75 Å². The molecule has 1 atom stereocenters. The molecular weight excluding hydrogens is 374 g/mol. The van der Waals surface area contributed by atoms with Crippen LogP contribution in [-0.4, -0.2) is 18.0 Å². The van der Waals surface area contributed by atoms with Crippen molar-refractivity contribution >= 4 is 21.4 Å². The summed E-state index contributed by atoms with van der Waals surface area (Å²) in [7, 11) is 1.74. The van der Waals surface area contributed by atoms with Crippen molar-refractivity contribution in [2.45, 2.75) is 58.3 Å². The fourth-order valence-corrected chi connectivity index (χ4v) is 5.59. The van der Waals surface area contributed by atoms with Crippen LogP contribution in [0.2, 0.25) is 0 Å². The third-order valence-electron chi connectivity index (χ3n) is 6.47. The van der Waals surface area contributed by atoms with Crippen molar-refractivity contribution in [3.8, 4) is 16.9 Å². The van der Waals surface area contributed by atoms with E-state index in [1.807, 2.05) is 11.7 Å². The summed E-state index contributed by atoms with van der Waals surface area (Å²) < 4.78 is 5.76. The second-order valence-corrected chi connectivity index (χ2v) is 11.0. The van der Waals surface area contributed by atoms with Crippen molar-refractivity contribution in [3.05, 3.63) is 64.2 Å². The molecule has 2 aromatic rings. The lowest BCUT2D eigenvalue weighted by Gasteiger charge is -2.42. The average Bonchev–Trinajstić information content (AvgIpc) is 3.18. The SMILES string of the molecule is COc1ccc(C=S2C=CN=C2)cc1-c1cc2c(cc1C)C(C)(C)CCC2(C)C. The molecule has 0 spiro atoms. The maximum atomic E-state index is 5.76. The molecule has 0 aromatic heterocycles. The first-order chi connectivity index (χ1) is 13.7. The number of aryl methyl sites for hydroxylation is 1. The molecule has 3 heteroatoms. The second kappa shape index (κ2) is 7.28. The van der Waals surface area contributed by atoms with E-state index < -0.39 is 0 Å². The van der Waals surface area contributed by atoms with Gasteiger partial charge in [-0.05, 0) is 87.4 Å².